The van der Waals surface area contributed by atoms with Crippen LogP contribution < -0.4 is 4.74 Å². The molecule has 0 radical (unpaired) electrons. The smallest absolute Gasteiger partial charge is 0.234 e. The van der Waals surface area contributed by atoms with Crippen molar-refractivity contribution in [3.05, 3.63) is 40.0 Å². The maximum Gasteiger partial charge on any atom is 0.234 e. The molecule has 1 unspecified atom stereocenters. The molecule has 0 aliphatic carbocycles. The second-order valence-corrected chi connectivity index (χ2v) is 11.7. The zero-order valence-corrected chi connectivity index (χ0v) is 23.2. The molecule has 0 bridgehead atoms. The number of benzene rings is 1. The fourth-order valence-corrected chi connectivity index (χ4v) is 5.00. The maximum atomic E-state index is 13.2. The van der Waals surface area contributed by atoms with E-state index in [4.69, 9.17) is 16.3 Å². The number of ketones is 1. The Balaban J connectivity index is 2.16. The van der Waals surface area contributed by atoms with E-state index in [0.717, 1.165) is 16.6 Å². The van der Waals surface area contributed by atoms with Crippen LogP contribution in [-0.2, 0) is 6.42 Å². The summed E-state index contributed by atoms with van der Waals surface area (Å²) >= 11 is 7.53. The number of carbonyl (C=O) groups excluding carboxylic acids is 2. The van der Waals surface area contributed by atoms with Crippen LogP contribution in [-0.4, -0.2) is 45.1 Å². The van der Waals surface area contributed by atoms with Gasteiger partial charge in [0.2, 0.25) is 11.8 Å². The number of nitrogens with zero attached hydrogens (tertiary/aromatic N) is 1. The standard InChI is InChI=1S/C27H38ClNO5S/c1-17(16-27(3,4)5)14-23(31)29-20(11-13-35-6)25(32)24(26(29)33)21(30)8-7-12-34-22-10-9-19(28)15-18(22)2/h9-10,15,17,32-33H,7-8,11-14,16H2,1-6H3. The van der Waals surface area contributed by atoms with Gasteiger partial charge in [0.25, 0.3) is 0 Å². The molecule has 0 aliphatic heterocycles. The Hall–Kier alpha value is -2.12. The monoisotopic (exact) mass is 523 g/mol. The number of rotatable bonds is 12. The fraction of sp³-hybridized carbons (Fsp3) is 0.556. The first kappa shape index (κ1) is 29.1. The van der Waals surface area contributed by atoms with Crippen LogP contribution in [0.4, 0.5) is 0 Å². The van der Waals surface area contributed by atoms with Crippen LogP contribution in [0.3, 0.4) is 0 Å². The Morgan fingerprint density at radius 2 is 1.91 bits per heavy atom. The molecule has 1 heterocycles. The summed E-state index contributed by atoms with van der Waals surface area (Å²) in [7, 11) is 0. The normalized spacial score (nSPS) is 12.5. The van der Waals surface area contributed by atoms with Crippen molar-refractivity contribution in [3.8, 4) is 17.4 Å². The fourth-order valence-electron chi connectivity index (χ4n) is 4.37. The highest BCUT2D eigenvalue weighted by Crippen LogP contribution is 2.37. The molecule has 0 aliphatic rings. The molecular weight excluding hydrogens is 486 g/mol. The van der Waals surface area contributed by atoms with E-state index in [-0.39, 0.29) is 41.4 Å². The van der Waals surface area contributed by atoms with Crippen molar-refractivity contribution in [3.63, 3.8) is 0 Å². The van der Waals surface area contributed by atoms with Crippen molar-refractivity contribution in [1.82, 2.24) is 4.57 Å². The minimum absolute atomic E-state index is 0.0638. The average molecular weight is 524 g/mol. The summed E-state index contributed by atoms with van der Waals surface area (Å²) in [6, 6.07) is 5.32. The average Bonchev–Trinajstić information content (AvgIpc) is 2.98. The number of Topliss-reactive ketones (excluding diaryl/α,β-unsaturated/α-hetero) is 1. The van der Waals surface area contributed by atoms with Gasteiger partial charge in [-0.05, 0) is 66.9 Å². The highest BCUT2D eigenvalue weighted by Gasteiger charge is 2.30. The number of aromatic nitrogens is 1. The largest absolute Gasteiger partial charge is 0.505 e. The molecule has 2 N–H and O–H groups in total. The van der Waals surface area contributed by atoms with E-state index < -0.39 is 11.7 Å². The van der Waals surface area contributed by atoms with Crippen molar-refractivity contribution in [2.24, 2.45) is 11.3 Å². The van der Waals surface area contributed by atoms with Crippen LogP contribution in [0.25, 0.3) is 0 Å². The van der Waals surface area contributed by atoms with E-state index in [1.165, 1.54) is 0 Å². The van der Waals surface area contributed by atoms with Gasteiger partial charge in [-0.2, -0.15) is 11.8 Å². The molecule has 2 rings (SSSR count). The number of aromatic hydroxyl groups is 2. The van der Waals surface area contributed by atoms with Crippen molar-refractivity contribution in [1.29, 1.82) is 0 Å². The predicted molar refractivity (Wildman–Crippen MR) is 144 cm³/mol. The predicted octanol–water partition coefficient (Wildman–Crippen LogP) is 6.91. The van der Waals surface area contributed by atoms with E-state index >= 15 is 0 Å². The summed E-state index contributed by atoms with van der Waals surface area (Å²) in [6.45, 7) is 10.5. The van der Waals surface area contributed by atoms with Gasteiger partial charge in [-0.15, -0.1) is 0 Å². The third kappa shape index (κ3) is 8.21. The molecule has 2 aromatic rings. The number of thioether (sulfide) groups is 1. The molecular formula is C27H38ClNO5S. The molecule has 1 aromatic carbocycles. The molecule has 0 fully saturated rings. The Kier molecular flexibility index (Phi) is 10.6. The first-order chi connectivity index (χ1) is 16.4. The second-order valence-electron chi connectivity index (χ2n) is 10.3. The Morgan fingerprint density at radius 3 is 2.51 bits per heavy atom. The quantitative estimate of drug-likeness (QED) is 0.232. The minimum atomic E-state index is -0.467. The highest BCUT2D eigenvalue weighted by atomic mass is 35.5. The van der Waals surface area contributed by atoms with Crippen molar-refractivity contribution >= 4 is 35.1 Å². The van der Waals surface area contributed by atoms with Crippen LogP contribution in [0.1, 0.15) is 79.8 Å². The Morgan fingerprint density at radius 1 is 1.23 bits per heavy atom. The van der Waals surface area contributed by atoms with Gasteiger partial charge >= 0.3 is 0 Å². The Bertz CT molecular complexity index is 1040. The summed E-state index contributed by atoms with van der Waals surface area (Å²) < 4.78 is 6.89. The molecule has 0 saturated heterocycles. The highest BCUT2D eigenvalue weighted by molar-refractivity contribution is 7.98. The van der Waals surface area contributed by atoms with E-state index in [1.807, 2.05) is 20.1 Å². The van der Waals surface area contributed by atoms with Gasteiger partial charge in [0, 0.05) is 24.3 Å². The first-order valence-electron chi connectivity index (χ1n) is 12.0. The van der Waals surface area contributed by atoms with Crippen molar-refractivity contribution in [2.75, 3.05) is 18.6 Å². The van der Waals surface area contributed by atoms with Crippen LogP contribution in [0.5, 0.6) is 17.4 Å². The summed E-state index contributed by atoms with van der Waals surface area (Å²) in [5.74, 6) is -0.0780. The number of halogens is 1. The third-order valence-electron chi connectivity index (χ3n) is 5.71. The lowest BCUT2D eigenvalue weighted by Crippen LogP contribution is -2.20. The van der Waals surface area contributed by atoms with E-state index in [0.29, 0.717) is 41.7 Å². The van der Waals surface area contributed by atoms with Gasteiger partial charge in [0.15, 0.2) is 11.5 Å². The van der Waals surface area contributed by atoms with Crippen molar-refractivity contribution < 1.29 is 24.5 Å². The van der Waals surface area contributed by atoms with Crippen molar-refractivity contribution in [2.45, 2.75) is 66.7 Å². The number of aryl methyl sites for hydroxylation is 1. The maximum absolute atomic E-state index is 13.2. The molecule has 194 valence electrons. The summed E-state index contributed by atoms with van der Waals surface area (Å²) in [5, 5.41) is 22.4. The lowest BCUT2D eigenvalue weighted by Gasteiger charge is -2.23. The number of hydrogen-bond acceptors (Lipinski definition) is 6. The summed E-state index contributed by atoms with van der Waals surface area (Å²) in [6.07, 6.45) is 3.80. The summed E-state index contributed by atoms with van der Waals surface area (Å²) in [5.41, 5.74) is 1.08. The molecule has 8 heteroatoms. The molecule has 0 saturated carbocycles. The van der Waals surface area contributed by atoms with Gasteiger partial charge in [0.1, 0.15) is 11.3 Å². The molecule has 1 aromatic heterocycles. The Labute approximate surface area is 218 Å². The zero-order chi connectivity index (χ0) is 26.3. The number of carbonyl (C=O) groups is 2. The SMILES string of the molecule is CSCCc1c(O)c(C(=O)CCCOc2ccc(Cl)cc2C)c(O)n1C(=O)CC(C)CC(C)(C)C. The zero-order valence-electron chi connectivity index (χ0n) is 21.6. The lowest BCUT2D eigenvalue weighted by atomic mass is 9.84. The van der Waals surface area contributed by atoms with Crippen LogP contribution >= 0.6 is 23.4 Å². The van der Waals surface area contributed by atoms with E-state index in [9.17, 15) is 19.8 Å². The minimum Gasteiger partial charge on any atom is -0.505 e. The van der Waals surface area contributed by atoms with Crippen LogP contribution in [0.15, 0.2) is 18.2 Å². The van der Waals surface area contributed by atoms with Crippen LogP contribution in [0.2, 0.25) is 5.02 Å². The van der Waals surface area contributed by atoms with Gasteiger partial charge in [-0.25, -0.2) is 0 Å². The topological polar surface area (TPSA) is 88.8 Å². The van der Waals surface area contributed by atoms with Gasteiger partial charge in [-0.3, -0.25) is 14.2 Å². The second kappa shape index (κ2) is 12.7. The van der Waals surface area contributed by atoms with Gasteiger partial charge in [0.05, 0.1) is 12.3 Å². The molecule has 6 nitrogen and oxygen atoms in total. The van der Waals surface area contributed by atoms with Gasteiger partial charge < -0.3 is 14.9 Å². The third-order valence-corrected chi connectivity index (χ3v) is 6.56. The lowest BCUT2D eigenvalue weighted by molar-refractivity contribution is 0.0859. The number of hydrogen-bond donors (Lipinski definition) is 2. The van der Waals surface area contributed by atoms with E-state index in [1.54, 1.807) is 30.0 Å². The molecule has 0 spiro atoms. The molecule has 35 heavy (non-hydrogen) atoms. The molecule has 0 amide bonds. The van der Waals surface area contributed by atoms with E-state index in [2.05, 4.69) is 20.8 Å². The summed E-state index contributed by atoms with van der Waals surface area (Å²) in [4.78, 5) is 26.1. The van der Waals surface area contributed by atoms with Gasteiger partial charge in [-0.1, -0.05) is 39.3 Å². The van der Waals surface area contributed by atoms with Crippen LogP contribution in [0, 0.1) is 18.3 Å². The number of ether oxygens (including phenoxy) is 1. The first-order valence-corrected chi connectivity index (χ1v) is 13.7. The molecule has 1 atom stereocenters.